The smallest absolute Gasteiger partial charge is 0.317 e. The summed E-state index contributed by atoms with van der Waals surface area (Å²) in [5, 5.41) is 19.5. The van der Waals surface area contributed by atoms with Crippen LogP contribution in [0.25, 0.3) is 0 Å². The number of aliphatic carboxylic acids is 1. The van der Waals surface area contributed by atoms with Crippen molar-refractivity contribution in [2.24, 2.45) is 23.7 Å². The lowest BCUT2D eigenvalue weighted by Gasteiger charge is -2.21. The van der Waals surface area contributed by atoms with E-state index in [2.05, 4.69) is 29.9 Å². The van der Waals surface area contributed by atoms with Crippen LogP contribution >= 0.6 is 0 Å². The molecule has 1 saturated heterocycles. The normalized spacial score (nSPS) is 16.4. The van der Waals surface area contributed by atoms with Gasteiger partial charge in [-0.15, -0.1) is 0 Å². The number of carboxylic acid groups (broad SMARTS) is 1. The van der Waals surface area contributed by atoms with Crippen LogP contribution in [0.1, 0.15) is 181 Å². The second-order valence-corrected chi connectivity index (χ2v) is 16.0. The summed E-state index contributed by atoms with van der Waals surface area (Å²) in [6, 6.07) is 0. The molecule has 11 nitrogen and oxygen atoms in total. The van der Waals surface area contributed by atoms with Gasteiger partial charge in [-0.25, -0.2) is 4.79 Å². The second-order valence-electron chi connectivity index (χ2n) is 16.0. The molecule has 60 heavy (non-hydrogen) atoms. The molecule has 0 saturated carbocycles. The van der Waals surface area contributed by atoms with Crippen LogP contribution in [0.3, 0.4) is 0 Å². The minimum Gasteiger partial charge on any atom is -0.502 e. The summed E-state index contributed by atoms with van der Waals surface area (Å²) >= 11 is 0. The lowest BCUT2D eigenvalue weighted by Crippen LogP contribution is -2.24. The van der Waals surface area contributed by atoms with E-state index in [9.17, 15) is 39.0 Å². The van der Waals surface area contributed by atoms with Crippen LogP contribution in [0.15, 0.2) is 54.4 Å². The fourth-order valence-corrected chi connectivity index (χ4v) is 7.29. The van der Waals surface area contributed by atoms with Crippen molar-refractivity contribution in [3.63, 3.8) is 0 Å². The van der Waals surface area contributed by atoms with Crippen LogP contribution < -0.4 is 0 Å². The van der Waals surface area contributed by atoms with Gasteiger partial charge in [0.15, 0.2) is 11.7 Å². The molecule has 338 valence electrons. The van der Waals surface area contributed by atoms with E-state index in [1.54, 1.807) is 0 Å². The third-order valence-electron chi connectivity index (χ3n) is 11.0. The molecular formula is C49H76O11. The van der Waals surface area contributed by atoms with Gasteiger partial charge < -0.3 is 24.4 Å². The second kappa shape index (κ2) is 35.5. The molecule has 1 rings (SSSR count). The molecule has 5 unspecified atom stereocenters. The molecule has 1 fully saturated rings. The van der Waals surface area contributed by atoms with Gasteiger partial charge >= 0.3 is 29.8 Å². The van der Waals surface area contributed by atoms with Gasteiger partial charge in [0.25, 0.3) is 0 Å². The van der Waals surface area contributed by atoms with E-state index in [0.29, 0.717) is 32.1 Å². The fraction of sp³-hybridized carbons (Fsp3) is 0.694. The Labute approximate surface area is 360 Å². The molecule has 0 bridgehead atoms. The highest BCUT2D eigenvalue weighted by Gasteiger charge is 2.37. The number of ether oxygens (including phenoxy) is 3. The maximum atomic E-state index is 12.4. The zero-order valence-electron chi connectivity index (χ0n) is 37.0. The van der Waals surface area contributed by atoms with Crippen LogP contribution in [-0.2, 0) is 43.0 Å². The number of carbonyl (C=O) groups excluding carboxylic acids is 5. The van der Waals surface area contributed by atoms with E-state index >= 15 is 0 Å². The number of carboxylic acids is 1. The number of hydrogen-bond acceptors (Lipinski definition) is 10. The number of carbonyl (C=O) groups is 5. The van der Waals surface area contributed by atoms with Gasteiger partial charge in [0.2, 0.25) is 0 Å². The third-order valence-corrected chi connectivity index (χ3v) is 11.0. The first-order chi connectivity index (χ1) is 29.1. The number of unbranched alkanes of at least 4 members (excludes halogenated alkanes) is 14. The lowest BCUT2D eigenvalue weighted by molar-refractivity contribution is -0.159. The molecule has 0 aromatic rings. The van der Waals surface area contributed by atoms with Gasteiger partial charge in [-0.3, -0.25) is 24.0 Å². The Bertz CT molecular complexity index is 1400. The highest BCUT2D eigenvalue weighted by molar-refractivity contribution is 5.94. The van der Waals surface area contributed by atoms with Crippen LogP contribution in [0.4, 0.5) is 0 Å². The average Bonchev–Trinajstić information content (AvgIpc) is 3.57. The molecule has 0 amide bonds. The van der Waals surface area contributed by atoms with Gasteiger partial charge in [0.1, 0.15) is 12.7 Å². The SMILES string of the molecule is CCCCCCCCC(/C=C/CCCCCCC(=O)OC(CC)COC(=O)CCCCCCC/C=C\C/C=C\C=C\C(CC)C1CC(=O)OC1=O)C(CC(=O)O)C(O)=C=O. The zero-order valence-corrected chi connectivity index (χ0v) is 37.0. The molecule has 0 aromatic carbocycles. The first-order valence-corrected chi connectivity index (χ1v) is 23.0. The molecule has 2 N–H and O–H groups in total. The number of hydrogen-bond donors (Lipinski definition) is 2. The highest BCUT2D eigenvalue weighted by atomic mass is 16.6. The minimum absolute atomic E-state index is 0.00485. The predicted octanol–water partition coefficient (Wildman–Crippen LogP) is 11.4. The van der Waals surface area contributed by atoms with Crippen molar-refractivity contribution in [3.8, 4) is 0 Å². The molecule has 1 aliphatic rings. The van der Waals surface area contributed by atoms with Crippen LogP contribution in [0.5, 0.6) is 0 Å². The lowest BCUT2D eigenvalue weighted by atomic mass is 9.83. The Morgan fingerprint density at radius 1 is 0.750 bits per heavy atom. The summed E-state index contributed by atoms with van der Waals surface area (Å²) in [5.41, 5.74) is 0. The summed E-state index contributed by atoms with van der Waals surface area (Å²) in [4.78, 5) is 70.5. The summed E-state index contributed by atoms with van der Waals surface area (Å²) in [6.45, 7) is 6.13. The largest absolute Gasteiger partial charge is 0.502 e. The van der Waals surface area contributed by atoms with E-state index in [1.807, 2.05) is 44.2 Å². The molecular weight excluding hydrogens is 765 g/mol. The fourth-order valence-electron chi connectivity index (χ4n) is 7.29. The molecule has 1 aliphatic heterocycles. The molecule has 0 radical (unpaired) electrons. The topological polar surface area (TPSA) is 171 Å². The Balaban J connectivity index is 2.18. The van der Waals surface area contributed by atoms with E-state index in [-0.39, 0.29) is 49.1 Å². The molecule has 0 aromatic heterocycles. The zero-order chi connectivity index (χ0) is 44.2. The van der Waals surface area contributed by atoms with Gasteiger partial charge in [-0.2, -0.15) is 0 Å². The van der Waals surface area contributed by atoms with Crippen LogP contribution in [0.2, 0.25) is 0 Å². The summed E-state index contributed by atoms with van der Waals surface area (Å²) in [5.74, 6) is -2.89. The Hall–Kier alpha value is -4.24. The summed E-state index contributed by atoms with van der Waals surface area (Å²) in [6.07, 6.45) is 35.8. The van der Waals surface area contributed by atoms with Crippen molar-refractivity contribution in [2.45, 2.75) is 187 Å². The van der Waals surface area contributed by atoms with Gasteiger partial charge in [0, 0.05) is 18.8 Å². The van der Waals surface area contributed by atoms with Crippen LogP contribution in [0, 0.1) is 23.7 Å². The van der Waals surface area contributed by atoms with Crippen molar-refractivity contribution < 1.29 is 53.2 Å². The highest BCUT2D eigenvalue weighted by Crippen LogP contribution is 2.29. The van der Waals surface area contributed by atoms with Crippen molar-refractivity contribution in [1.29, 1.82) is 0 Å². The van der Waals surface area contributed by atoms with Crippen molar-refractivity contribution in [1.82, 2.24) is 0 Å². The number of esters is 4. The number of allylic oxidation sites excluding steroid dienone is 9. The molecule has 5 atom stereocenters. The molecule has 0 spiro atoms. The maximum absolute atomic E-state index is 12.4. The number of rotatable bonds is 37. The van der Waals surface area contributed by atoms with E-state index in [1.165, 1.54) is 18.8 Å². The molecule has 11 heteroatoms. The van der Waals surface area contributed by atoms with Crippen LogP contribution in [-0.4, -0.2) is 58.7 Å². The molecule has 1 heterocycles. The third kappa shape index (κ3) is 26.8. The summed E-state index contributed by atoms with van der Waals surface area (Å²) in [7, 11) is 0. The van der Waals surface area contributed by atoms with Crippen molar-refractivity contribution in [2.75, 3.05) is 6.61 Å². The van der Waals surface area contributed by atoms with E-state index < -0.39 is 35.7 Å². The average molecular weight is 841 g/mol. The Morgan fingerprint density at radius 3 is 2.00 bits per heavy atom. The van der Waals surface area contributed by atoms with Crippen molar-refractivity contribution in [3.05, 3.63) is 54.4 Å². The molecule has 0 aliphatic carbocycles. The Morgan fingerprint density at radius 2 is 1.38 bits per heavy atom. The first-order valence-electron chi connectivity index (χ1n) is 23.0. The van der Waals surface area contributed by atoms with Crippen molar-refractivity contribution >= 4 is 35.8 Å². The number of aliphatic hydroxyl groups is 1. The summed E-state index contributed by atoms with van der Waals surface area (Å²) < 4.78 is 15.6. The quantitative estimate of drug-likeness (QED) is 0.00891. The Kier molecular flexibility index (Phi) is 31.8. The van der Waals surface area contributed by atoms with E-state index in [4.69, 9.17) is 9.47 Å². The first kappa shape index (κ1) is 53.8. The number of aliphatic hydroxyl groups excluding tert-OH is 1. The van der Waals surface area contributed by atoms with E-state index in [0.717, 1.165) is 103 Å². The monoisotopic (exact) mass is 841 g/mol. The maximum Gasteiger partial charge on any atom is 0.317 e. The van der Waals surface area contributed by atoms with Gasteiger partial charge in [0.05, 0.1) is 18.8 Å². The van der Waals surface area contributed by atoms with Gasteiger partial charge in [-0.05, 0) is 76.0 Å². The number of cyclic esters (lactones) is 2. The standard InChI is InChI=1S/C49H76O11/c1-4-7-8-9-20-26-31-40(42(35-45(52)53)44(51)37-50)32-27-22-18-19-24-29-34-47(55)59-41(6-3)38-58-46(54)33-28-23-17-15-13-11-10-12-14-16-21-25-30-39(5-2)43-36-48(56)60-49(43)57/h10,12,16,21,25,27,30,32,39-43,51H,4-9,11,13-15,17-20,22-24,26,28-29,31,33-36,38H2,1-3H3,(H,52,53)/b12-10-,21-16-,30-25+,32-27+. The van der Waals surface area contributed by atoms with Gasteiger partial charge in [-0.1, -0.05) is 140 Å². The predicted molar refractivity (Wildman–Crippen MR) is 234 cm³/mol. The minimum atomic E-state index is -1.06.